The van der Waals surface area contributed by atoms with E-state index in [0.29, 0.717) is 18.2 Å². The van der Waals surface area contributed by atoms with Gasteiger partial charge in [-0.05, 0) is 71.6 Å². The first-order valence-corrected chi connectivity index (χ1v) is 10.2. The second-order valence-corrected chi connectivity index (χ2v) is 8.05. The SMILES string of the molecule is COc1cc(C)c2cc(O)c3sccc3c2c1Nc1ccc(C(C)CN)cc1. The smallest absolute Gasteiger partial charge is 0.143 e. The van der Waals surface area contributed by atoms with Crippen LogP contribution in [0.2, 0.25) is 0 Å². The Morgan fingerprint density at radius 1 is 1.14 bits per heavy atom. The highest BCUT2D eigenvalue weighted by Gasteiger charge is 2.17. The summed E-state index contributed by atoms with van der Waals surface area (Å²) in [4.78, 5) is 0. The summed E-state index contributed by atoms with van der Waals surface area (Å²) in [6.45, 7) is 4.79. The minimum Gasteiger partial charge on any atom is -0.506 e. The van der Waals surface area contributed by atoms with Gasteiger partial charge < -0.3 is 20.9 Å². The van der Waals surface area contributed by atoms with Crippen molar-refractivity contribution in [1.29, 1.82) is 0 Å². The lowest BCUT2D eigenvalue weighted by Gasteiger charge is -2.18. The maximum Gasteiger partial charge on any atom is 0.143 e. The van der Waals surface area contributed by atoms with E-state index in [1.165, 1.54) is 5.56 Å². The van der Waals surface area contributed by atoms with Crippen molar-refractivity contribution < 1.29 is 9.84 Å². The van der Waals surface area contributed by atoms with Crippen LogP contribution in [-0.4, -0.2) is 18.8 Å². The predicted octanol–water partition coefficient (Wildman–Crippen LogP) is 5.88. The van der Waals surface area contributed by atoms with Gasteiger partial charge in [0.25, 0.3) is 0 Å². The van der Waals surface area contributed by atoms with Gasteiger partial charge in [0, 0.05) is 16.5 Å². The second kappa shape index (κ2) is 7.34. The van der Waals surface area contributed by atoms with Gasteiger partial charge >= 0.3 is 0 Å². The van der Waals surface area contributed by atoms with Crippen molar-refractivity contribution in [2.24, 2.45) is 5.73 Å². The highest BCUT2D eigenvalue weighted by molar-refractivity contribution is 7.17. The summed E-state index contributed by atoms with van der Waals surface area (Å²) in [5.41, 5.74) is 9.96. The molecule has 0 aliphatic rings. The van der Waals surface area contributed by atoms with E-state index in [2.05, 4.69) is 42.6 Å². The average Bonchev–Trinajstić information content (AvgIpc) is 3.20. The fourth-order valence-corrected chi connectivity index (χ4v) is 4.45. The van der Waals surface area contributed by atoms with Crippen molar-refractivity contribution in [3.8, 4) is 11.5 Å². The minimum absolute atomic E-state index is 0.317. The van der Waals surface area contributed by atoms with Crippen molar-refractivity contribution in [1.82, 2.24) is 0 Å². The zero-order valence-corrected chi connectivity index (χ0v) is 17.1. The second-order valence-electron chi connectivity index (χ2n) is 7.14. The first kappa shape index (κ1) is 18.6. The van der Waals surface area contributed by atoms with Crippen LogP contribution in [0.25, 0.3) is 20.9 Å². The lowest BCUT2D eigenvalue weighted by Crippen LogP contribution is -2.08. The van der Waals surface area contributed by atoms with Crippen molar-refractivity contribution in [3.05, 3.63) is 59.0 Å². The molecule has 4 N–H and O–H groups in total. The zero-order valence-electron chi connectivity index (χ0n) is 16.2. The van der Waals surface area contributed by atoms with Crippen molar-refractivity contribution in [2.45, 2.75) is 19.8 Å². The van der Waals surface area contributed by atoms with Crippen molar-refractivity contribution >= 4 is 43.6 Å². The number of benzene rings is 3. The number of hydrogen-bond donors (Lipinski definition) is 3. The largest absolute Gasteiger partial charge is 0.506 e. The molecular formula is C23H24N2O2S. The highest BCUT2D eigenvalue weighted by Crippen LogP contribution is 2.45. The number of aromatic hydroxyl groups is 1. The summed E-state index contributed by atoms with van der Waals surface area (Å²) in [7, 11) is 1.68. The molecule has 3 aromatic carbocycles. The van der Waals surface area contributed by atoms with E-state index in [-0.39, 0.29) is 0 Å². The van der Waals surface area contributed by atoms with E-state index >= 15 is 0 Å². The standard InChI is InChI=1S/C23H24N2O2S/c1-13-10-20(27-3)22(25-16-6-4-15(5-7-16)14(2)12-24)21-17-8-9-28-23(17)19(26)11-18(13)21/h4-11,14,25-26H,12,24H2,1-3H3. The molecule has 28 heavy (non-hydrogen) atoms. The lowest BCUT2D eigenvalue weighted by atomic mass is 9.98. The number of hydrogen-bond acceptors (Lipinski definition) is 5. The molecule has 5 heteroatoms. The molecule has 4 rings (SSSR count). The number of thiophene rings is 1. The number of nitrogens with two attached hydrogens (primary N) is 1. The van der Waals surface area contributed by atoms with Crippen LogP contribution in [-0.2, 0) is 0 Å². The summed E-state index contributed by atoms with van der Waals surface area (Å²) in [6.07, 6.45) is 0. The summed E-state index contributed by atoms with van der Waals surface area (Å²) in [5.74, 6) is 1.43. The summed E-state index contributed by atoms with van der Waals surface area (Å²) in [5, 5.41) is 19.1. The van der Waals surface area contributed by atoms with Gasteiger partial charge in [-0.25, -0.2) is 0 Å². The van der Waals surface area contributed by atoms with Gasteiger partial charge in [0.1, 0.15) is 11.5 Å². The third kappa shape index (κ3) is 3.07. The molecule has 0 aliphatic carbocycles. The number of phenolic OH excluding ortho intramolecular Hbond substituents is 1. The van der Waals surface area contributed by atoms with E-state index < -0.39 is 0 Å². The molecule has 1 atom stereocenters. The Balaban J connectivity index is 1.90. The van der Waals surface area contributed by atoms with Crippen LogP contribution in [0.3, 0.4) is 0 Å². The van der Waals surface area contributed by atoms with E-state index in [1.807, 2.05) is 24.4 Å². The van der Waals surface area contributed by atoms with E-state index in [4.69, 9.17) is 10.5 Å². The molecule has 1 heterocycles. The number of aryl methyl sites for hydroxylation is 1. The van der Waals surface area contributed by atoms with Crippen LogP contribution in [0.4, 0.5) is 11.4 Å². The average molecular weight is 393 g/mol. The van der Waals surface area contributed by atoms with Gasteiger partial charge in [-0.1, -0.05) is 19.1 Å². The van der Waals surface area contributed by atoms with Gasteiger partial charge in [-0.3, -0.25) is 0 Å². The number of methoxy groups -OCH3 is 1. The van der Waals surface area contributed by atoms with Crippen molar-refractivity contribution in [2.75, 3.05) is 19.0 Å². The minimum atomic E-state index is 0.317. The predicted molar refractivity (Wildman–Crippen MR) is 119 cm³/mol. The van der Waals surface area contributed by atoms with Gasteiger partial charge in [0.2, 0.25) is 0 Å². The topological polar surface area (TPSA) is 67.5 Å². The molecule has 0 saturated heterocycles. The first-order chi connectivity index (χ1) is 13.5. The monoisotopic (exact) mass is 392 g/mol. The van der Waals surface area contributed by atoms with Gasteiger partial charge in [-0.2, -0.15) is 0 Å². The van der Waals surface area contributed by atoms with Crippen LogP contribution in [0.1, 0.15) is 24.0 Å². The van der Waals surface area contributed by atoms with E-state index in [9.17, 15) is 5.11 Å². The maximum absolute atomic E-state index is 10.4. The summed E-state index contributed by atoms with van der Waals surface area (Å²) >= 11 is 1.54. The molecular weight excluding hydrogens is 368 g/mol. The first-order valence-electron chi connectivity index (χ1n) is 9.31. The number of nitrogens with one attached hydrogen (secondary N) is 1. The van der Waals surface area contributed by atoms with Crippen LogP contribution in [0.15, 0.2) is 47.8 Å². The van der Waals surface area contributed by atoms with Crippen LogP contribution in [0, 0.1) is 6.92 Å². The summed E-state index contributed by atoms with van der Waals surface area (Å²) in [6, 6.07) is 14.3. The number of ether oxygens (including phenoxy) is 1. The Morgan fingerprint density at radius 3 is 2.57 bits per heavy atom. The number of anilines is 2. The number of rotatable bonds is 5. The Labute approximate surface area is 168 Å². The van der Waals surface area contributed by atoms with E-state index in [0.717, 1.165) is 43.5 Å². The molecule has 0 saturated carbocycles. The highest BCUT2D eigenvalue weighted by atomic mass is 32.1. The fourth-order valence-electron chi connectivity index (χ4n) is 3.63. The summed E-state index contributed by atoms with van der Waals surface area (Å²) < 4.78 is 6.59. The lowest BCUT2D eigenvalue weighted by molar-refractivity contribution is 0.417. The molecule has 0 spiro atoms. The molecule has 0 aliphatic heterocycles. The van der Waals surface area contributed by atoms with Gasteiger partial charge in [0.05, 0.1) is 17.5 Å². The molecule has 0 fully saturated rings. The normalized spacial score (nSPS) is 12.4. The Morgan fingerprint density at radius 2 is 1.89 bits per heavy atom. The molecule has 4 aromatic rings. The Bertz CT molecular complexity index is 1150. The van der Waals surface area contributed by atoms with Crippen LogP contribution in [0.5, 0.6) is 11.5 Å². The van der Waals surface area contributed by atoms with Crippen molar-refractivity contribution in [3.63, 3.8) is 0 Å². The van der Waals surface area contributed by atoms with Crippen LogP contribution >= 0.6 is 11.3 Å². The molecule has 1 aromatic heterocycles. The van der Waals surface area contributed by atoms with Crippen LogP contribution < -0.4 is 15.8 Å². The Kier molecular flexibility index (Phi) is 4.87. The molecule has 4 nitrogen and oxygen atoms in total. The van der Waals surface area contributed by atoms with Gasteiger partial charge in [-0.15, -0.1) is 11.3 Å². The van der Waals surface area contributed by atoms with E-state index in [1.54, 1.807) is 18.4 Å². The van der Waals surface area contributed by atoms with Gasteiger partial charge in [0.15, 0.2) is 0 Å². The number of fused-ring (bicyclic) bond motifs is 3. The Hall–Kier alpha value is -2.76. The maximum atomic E-state index is 10.4. The third-order valence-corrected chi connectivity index (χ3v) is 6.25. The molecule has 1 unspecified atom stereocenters. The molecule has 0 bridgehead atoms. The molecule has 144 valence electrons. The number of phenols is 1. The quantitative estimate of drug-likeness (QED) is 0.396. The third-order valence-electron chi connectivity index (χ3n) is 5.31. The molecule has 0 amide bonds. The fraction of sp³-hybridized carbons (Fsp3) is 0.217. The zero-order chi connectivity index (χ0) is 19.8. The molecule has 0 radical (unpaired) electrons.